The van der Waals surface area contributed by atoms with Gasteiger partial charge in [0.15, 0.2) is 5.82 Å². The van der Waals surface area contributed by atoms with Crippen LogP contribution in [-0.4, -0.2) is 52.0 Å². The molecule has 1 aliphatic carbocycles. The first-order valence-corrected chi connectivity index (χ1v) is 10.3. The number of nitrogens with one attached hydrogen (secondary N) is 1. The molecule has 0 spiro atoms. The maximum Gasteiger partial charge on any atom is 0.153 e. The maximum absolute atomic E-state index is 9.12. The van der Waals surface area contributed by atoms with Gasteiger partial charge in [-0.2, -0.15) is 10.4 Å². The van der Waals surface area contributed by atoms with Crippen LogP contribution < -0.4 is 5.32 Å². The van der Waals surface area contributed by atoms with Crippen LogP contribution in [0.15, 0.2) is 24.4 Å². The molecule has 0 radical (unpaired) electrons. The molecule has 3 fully saturated rings. The highest BCUT2D eigenvalue weighted by Crippen LogP contribution is 2.37. The fourth-order valence-corrected chi connectivity index (χ4v) is 4.71. The summed E-state index contributed by atoms with van der Waals surface area (Å²) in [7, 11) is 0. The first kappa shape index (κ1) is 17.7. The van der Waals surface area contributed by atoms with E-state index < -0.39 is 0 Å². The van der Waals surface area contributed by atoms with Gasteiger partial charge in [-0.15, -0.1) is 0 Å². The second kappa shape index (κ2) is 7.53. The van der Waals surface area contributed by atoms with Crippen molar-refractivity contribution in [1.82, 2.24) is 19.7 Å². The topological polar surface area (TPSA) is 79.0 Å². The number of rotatable bonds is 5. The van der Waals surface area contributed by atoms with E-state index in [9.17, 15) is 0 Å². The Bertz CT molecular complexity index is 877. The van der Waals surface area contributed by atoms with Gasteiger partial charge >= 0.3 is 0 Å². The summed E-state index contributed by atoms with van der Waals surface area (Å²) in [6.07, 6.45) is 7.83. The minimum absolute atomic E-state index is 0.505. The Morgan fingerprint density at radius 3 is 2.71 bits per heavy atom. The minimum Gasteiger partial charge on any atom is -0.378 e. The first-order valence-electron chi connectivity index (χ1n) is 10.3. The van der Waals surface area contributed by atoms with Crippen molar-refractivity contribution in [2.45, 2.75) is 50.1 Å². The Balaban J connectivity index is 1.40. The summed E-state index contributed by atoms with van der Waals surface area (Å²) in [5, 5.41) is 17.4. The van der Waals surface area contributed by atoms with E-state index >= 15 is 0 Å². The molecular weight excluding hydrogens is 352 g/mol. The van der Waals surface area contributed by atoms with Crippen molar-refractivity contribution in [2.24, 2.45) is 0 Å². The van der Waals surface area contributed by atoms with Gasteiger partial charge in [0.2, 0.25) is 0 Å². The van der Waals surface area contributed by atoms with E-state index in [4.69, 9.17) is 15.1 Å². The molecule has 4 heterocycles. The lowest BCUT2D eigenvalue weighted by molar-refractivity contribution is -0.0574. The summed E-state index contributed by atoms with van der Waals surface area (Å²) >= 11 is 0. The predicted molar refractivity (Wildman–Crippen MR) is 106 cm³/mol. The summed E-state index contributed by atoms with van der Waals surface area (Å²) in [6.45, 7) is 3.99. The van der Waals surface area contributed by atoms with Crippen molar-refractivity contribution in [2.75, 3.05) is 31.6 Å². The normalized spacial score (nSPS) is 23.6. The molecule has 7 heteroatoms. The van der Waals surface area contributed by atoms with E-state index in [0.717, 1.165) is 32.1 Å². The Labute approximate surface area is 165 Å². The molecule has 5 rings (SSSR count). The largest absolute Gasteiger partial charge is 0.378 e. The molecule has 1 N–H and O–H groups in total. The van der Waals surface area contributed by atoms with E-state index in [1.165, 1.54) is 37.8 Å². The average molecular weight is 378 g/mol. The van der Waals surface area contributed by atoms with Gasteiger partial charge in [0.25, 0.3) is 0 Å². The maximum atomic E-state index is 9.12. The van der Waals surface area contributed by atoms with Crippen LogP contribution in [0, 0.1) is 11.3 Å². The lowest BCUT2D eigenvalue weighted by Gasteiger charge is -2.34. The van der Waals surface area contributed by atoms with Crippen LogP contribution in [0.2, 0.25) is 0 Å². The van der Waals surface area contributed by atoms with Crippen molar-refractivity contribution in [1.29, 1.82) is 5.26 Å². The second-order valence-electron chi connectivity index (χ2n) is 8.18. The molecule has 1 unspecified atom stereocenters. The molecule has 28 heavy (non-hydrogen) atoms. The van der Waals surface area contributed by atoms with Gasteiger partial charge in [0, 0.05) is 30.4 Å². The molecule has 146 valence electrons. The smallest absolute Gasteiger partial charge is 0.153 e. The van der Waals surface area contributed by atoms with Crippen LogP contribution in [0.3, 0.4) is 0 Å². The van der Waals surface area contributed by atoms with Crippen LogP contribution in [0.4, 0.5) is 11.6 Å². The molecule has 0 bridgehead atoms. The lowest BCUT2D eigenvalue weighted by atomic mass is 10.0. The number of ether oxygens (including phenoxy) is 1. The van der Waals surface area contributed by atoms with Crippen LogP contribution in [0.5, 0.6) is 0 Å². The number of aromatic nitrogens is 3. The van der Waals surface area contributed by atoms with Gasteiger partial charge in [-0.25, -0.2) is 4.98 Å². The number of hydrogen-bond acceptors (Lipinski definition) is 6. The Kier molecular flexibility index (Phi) is 4.75. The minimum atomic E-state index is 0.505. The standard InChI is InChI=1S/C21H26N6O/c22-11-15-5-7-23-20(9-15)24-21-10-19(27(25-21)17-3-1-2-4-17)16-6-8-26(12-16)18-13-28-14-18/h5,7,9-10,16-18H,1-4,6,8,12-14H2,(H,23,24,25). The van der Waals surface area contributed by atoms with Crippen molar-refractivity contribution in [3.05, 3.63) is 35.7 Å². The number of nitriles is 1. The average Bonchev–Trinajstić information content (AvgIpc) is 3.40. The SMILES string of the molecule is N#Cc1ccnc(Nc2cc(C3CCN(C4COC4)C3)n(C3CCCC3)n2)c1. The van der Waals surface area contributed by atoms with Crippen molar-refractivity contribution in [3.8, 4) is 6.07 Å². The molecule has 1 atom stereocenters. The number of hydrogen-bond donors (Lipinski definition) is 1. The monoisotopic (exact) mass is 378 g/mol. The van der Waals surface area contributed by atoms with Crippen molar-refractivity contribution in [3.63, 3.8) is 0 Å². The van der Waals surface area contributed by atoms with Gasteiger partial charge in [-0.3, -0.25) is 9.58 Å². The molecule has 0 aromatic carbocycles. The highest BCUT2D eigenvalue weighted by atomic mass is 16.5. The summed E-state index contributed by atoms with van der Waals surface area (Å²) in [6, 6.07) is 8.95. The third kappa shape index (κ3) is 3.38. The third-order valence-corrected chi connectivity index (χ3v) is 6.36. The predicted octanol–water partition coefficient (Wildman–Crippen LogP) is 3.20. The number of anilines is 2. The zero-order valence-corrected chi connectivity index (χ0v) is 16.0. The molecular formula is C21H26N6O. The number of likely N-dealkylation sites (tertiary alicyclic amines) is 1. The van der Waals surface area contributed by atoms with Crippen LogP contribution in [0.1, 0.15) is 55.3 Å². The summed E-state index contributed by atoms with van der Waals surface area (Å²) in [5.74, 6) is 2.01. The molecule has 2 aromatic rings. The van der Waals surface area contributed by atoms with E-state index in [1.54, 1.807) is 18.3 Å². The van der Waals surface area contributed by atoms with Crippen LogP contribution in [-0.2, 0) is 4.74 Å². The zero-order chi connectivity index (χ0) is 18.9. The molecule has 0 amide bonds. The first-order chi connectivity index (χ1) is 13.8. The Morgan fingerprint density at radius 1 is 1.11 bits per heavy atom. The quantitative estimate of drug-likeness (QED) is 0.861. The van der Waals surface area contributed by atoms with Crippen LogP contribution >= 0.6 is 0 Å². The van der Waals surface area contributed by atoms with E-state index in [-0.39, 0.29) is 0 Å². The summed E-state index contributed by atoms with van der Waals surface area (Å²) < 4.78 is 7.67. The van der Waals surface area contributed by atoms with Gasteiger partial charge < -0.3 is 10.1 Å². The fourth-order valence-electron chi connectivity index (χ4n) is 4.71. The zero-order valence-electron chi connectivity index (χ0n) is 16.0. The Morgan fingerprint density at radius 2 is 1.96 bits per heavy atom. The molecule has 7 nitrogen and oxygen atoms in total. The van der Waals surface area contributed by atoms with Crippen LogP contribution in [0.25, 0.3) is 0 Å². The summed E-state index contributed by atoms with van der Waals surface area (Å²) in [5.41, 5.74) is 1.94. The Hall–Kier alpha value is -2.43. The molecule has 1 saturated carbocycles. The molecule has 2 aliphatic heterocycles. The summed E-state index contributed by atoms with van der Waals surface area (Å²) in [4.78, 5) is 6.91. The second-order valence-corrected chi connectivity index (χ2v) is 8.18. The third-order valence-electron chi connectivity index (χ3n) is 6.36. The van der Waals surface area contributed by atoms with Crippen molar-refractivity contribution >= 4 is 11.6 Å². The number of pyridine rings is 1. The highest BCUT2D eigenvalue weighted by molar-refractivity contribution is 5.54. The fraction of sp³-hybridized carbons (Fsp3) is 0.571. The van der Waals surface area contributed by atoms with Gasteiger partial charge in [0.05, 0.1) is 36.9 Å². The van der Waals surface area contributed by atoms with Gasteiger partial charge in [-0.1, -0.05) is 12.8 Å². The number of nitrogens with zero attached hydrogens (tertiary/aromatic N) is 5. The van der Waals surface area contributed by atoms with E-state index in [0.29, 0.717) is 29.4 Å². The van der Waals surface area contributed by atoms with E-state index in [1.807, 2.05) is 0 Å². The van der Waals surface area contributed by atoms with Gasteiger partial charge in [-0.05, 0) is 37.9 Å². The van der Waals surface area contributed by atoms with E-state index in [2.05, 4.69) is 32.0 Å². The lowest BCUT2D eigenvalue weighted by Crippen LogP contribution is -2.47. The van der Waals surface area contributed by atoms with Gasteiger partial charge in [0.1, 0.15) is 5.82 Å². The highest BCUT2D eigenvalue weighted by Gasteiger charge is 2.35. The molecule has 3 aliphatic rings. The van der Waals surface area contributed by atoms with Crippen molar-refractivity contribution < 1.29 is 4.74 Å². The molecule has 2 aromatic heterocycles. The molecule has 2 saturated heterocycles.